The fourth-order valence-electron chi connectivity index (χ4n) is 2.26. The van der Waals surface area contributed by atoms with Gasteiger partial charge in [0.2, 0.25) is 5.91 Å². The molecule has 1 fully saturated rings. The van der Waals surface area contributed by atoms with E-state index in [4.69, 9.17) is 0 Å². The maximum atomic E-state index is 13.2. The van der Waals surface area contributed by atoms with Crippen molar-refractivity contribution in [2.45, 2.75) is 26.3 Å². The van der Waals surface area contributed by atoms with Gasteiger partial charge in [-0.1, -0.05) is 6.07 Å². The topological polar surface area (TPSA) is 32.3 Å². The normalized spacial score (nSPS) is 19.9. The Hall–Kier alpha value is -1.42. The number of aryl methyl sites for hydroxylation is 1. The minimum atomic E-state index is -0.280. The highest BCUT2D eigenvalue weighted by Crippen LogP contribution is 2.13. The summed E-state index contributed by atoms with van der Waals surface area (Å²) in [5.74, 6) is -0.200. The predicted molar refractivity (Wildman–Crippen MR) is 68.9 cm³/mol. The Morgan fingerprint density at radius 1 is 1.56 bits per heavy atom. The van der Waals surface area contributed by atoms with E-state index >= 15 is 0 Å². The van der Waals surface area contributed by atoms with Crippen LogP contribution < -0.4 is 5.32 Å². The van der Waals surface area contributed by atoms with Crippen LogP contribution in [-0.2, 0) is 11.2 Å². The molecule has 1 atom stereocenters. The number of carbonyl (C=O) groups is 1. The molecule has 0 radical (unpaired) electrons. The molecule has 3 nitrogen and oxygen atoms in total. The van der Waals surface area contributed by atoms with E-state index in [1.54, 1.807) is 6.07 Å². The molecule has 0 saturated carbocycles. The van der Waals surface area contributed by atoms with E-state index < -0.39 is 0 Å². The van der Waals surface area contributed by atoms with Crippen molar-refractivity contribution < 1.29 is 9.18 Å². The summed E-state index contributed by atoms with van der Waals surface area (Å²) in [4.78, 5) is 14.0. The van der Waals surface area contributed by atoms with Crippen molar-refractivity contribution in [2.24, 2.45) is 0 Å². The molecule has 1 aromatic rings. The van der Waals surface area contributed by atoms with Gasteiger partial charge < -0.3 is 10.2 Å². The second-order valence-corrected chi connectivity index (χ2v) is 4.94. The number of nitrogens with zero attached hydrogens (tertiary/aromatic N) is 1. The lowest BCUT2D eigenvalue weighted by molar-refractivity contribution is -0.131. The molecule has 4 heteroatoms. The molecule has 98 valence electrons. The Balaban J connectivity index is 2.04. The average molecular weight is 250 g/mol. The highest BCUT2D eigenvalue weighted by molar-refractivity contribution is 5.79. The summed E-state index contributed by atoms with van der Waals surface area (Å²) in [6, 6.07) is 4.93. The zero-order chi connectivity index (χ0) is 13.1. The van der Waals surface area contributed by atoms with Crippen LogP contribution in [0.3, 0.4) is 0 Å². The van der Waals surface area contributed by atoms with Crippen molar-refractivity contribution in [3.63, 3.8) is 0 Å². The number of benzene rings is 1. The van der Waals surface area contributed by atoms with Crippen molar-refractivity contribution in [3.8, 4) is 0 Å². The Morgan fingerprint density at radius 2 is 2.33 bits per heavy atom. The van der Waals surface area contributed by atoms with Crippen molar-refractivity contribution in [1.29, 1.82) is 0 Å². The highest BCUT2D eigenvalue weighted by atomic mass is 19.1. The Morgan fingerprint density at radius 3 is 3.06 bits per heavy atom. The molecule has 1 heterocycles. The van der Waals surface area contributed by atoms with Crippen LogP contribution in [0.4, 0.5) is 4.39 Å². The molecule has 2 rings (SSSR count). The lowest BCUT2D eigenvalue weighted by Crippen LogP contribution is -2.51. The van der Waals surface area contributed by atoms with Gasteiger partial charge >= 0.3 is 0 Å². The molecule has 1 aliphatic heterocycles. The summed E-state index contributed by atoms with van der Waals surface area (Å²) in [5, 5.41) is 3.30. The van der Waals surface area contributed by atoms with Crippen molar-refractivity contribution in [2.75, 3.05) is 19.6 Å². The summed E-state index contributed by atoms with van der Waals surface area (Å²) in [5.41, 5.74) is 1.75. The lowest BCUT2D eigenvalue weighted by atomic mass is 10.0. The molecule has 1 aliphatic rings. The van der Waals surface area contributed by atoms with Crippen LogP contribution in [0.5, 0.6) is 0 Å². The number of halogens is 1. The number of piperazine rings is 1. The molecule has 1 saturated heterocycles. The maximum Gasteiger partial charge on any atom is 0.227 e. The molecule has 0 spiro atoms. The van der Waals surface area contributed by atoms with Gasteiger partial charge in [-0.25, -0.2) is 4.39 Å². The van der Waals surface area contributed by atoms with Gasteiger partial charge in [-0.05, 0) is 37.1 Å². The first-order valence-electron chi connectivity index (χ1n) is 6.32. The summed E-state index contributed by atoms with van der Waals surface area (Å²) in [6.07, 6.45) is 0.288. The average Bonchev–Trinajstić information content (AvgIpc) is 2.34. The van der Waals surface area contributed by atoms with Crippen LogP contribution in [0.1, 0.15) is 18.1 Å². The number of rotatable bonds is 2. The van der Waals surface area contributed by atoms with Crippen LogP contribution in [0.15, 0.2) is 18.2 Å². The van der Waals surface area contributed by atoms with Crippen LogP contribution >= 0.6 is 0 Å². The molecule has 18 heavy (non-hydrogen) atoms. The molecule has 0 unspecified atom stereocenters. The van der Waals surface area contributed by atoms with Gasteiger partial charge in [0.05, 0.1) is 6.42 Å². The zero-order valence-corrected chi connectivity index (χ0v) is 10.9. The second-order valence-electron chi connectivity index (χ2n) is 4.94. The first-order valence-corrected chi connectivity index (χ1v) is 6.32. The van der Waals surface area contributed by atoms with Crippen molar-refractivity contribution >= 4 is 5.91 Å². The fraction of sp³-hybridized carbons (Fsp3) is 0.500. The van der Waals surface area contributed by atoms with E-state index in [1.807, 2.05) is 11.8 Å². The Kier molecular flexibility index (Phi) is 3.97. The van der Waals surface area contributed by atoms with Crippen LogP contribution in [0.2, 0.25) is 0 Å². The van der Waals surface area contributed by atoms with E-state index in [9.17, 15) is 9.18 Å². The monoisotopic (exact) mass is 250 g/mol. The molecule has 0 aromatic heterocycles. The third kappa shape index (κ3) is 3.07. The number of amides is 1. The molecular weight excluding hydrogens is 231 g/mol. The number of hydrogen-bond donors (Lipinski definition) is 1. The van der Waals surface area contributed by atoms with E-state index in [0.29, 0.717) is 6.04 Å². The predicted octanol–water partition coefficient (Wildman–Crippen LogP) is 1.50. The van der Waals surface area contributed by atoms with Gasteiger partial charge in [-0.2, -0.15) is 0 Å². The fourth-order valence-corrected chi connectivity index (χ4v) is 2.26. The maximum absolute atomic E-state index is 13.2. The number of carbonyl (C=O) groups excluding carboxylic acids is 1. The summed E-state index contributed by atoms with van der Waals surface area (Å²) in [7, 11) is 0. The van der Waals surface area contributed by atoms with E-state index in [1.165, 1.54) is 12.1 Å². The van der Waals surface area contributed by atoms with Crippen LogP contribution in [0, 0.1) is 12.7 Å². The molecule has 1 N–H and O–H groups in total. The van der Waals surface area contributed by atoms with E-state index in [0.717, 1.165) is 30.8 Å². The van der Waals surface area contributed by atoms with Gasteiger partial charge in [0.15, 0.2) is 0 Å². The Bertz CT molecular complexity index is 447. The summed E-state index contributed by atoms with van der Waals surface area (Å²) >= 11 is 0. The zero-order valence-electron chi connectivity index (χ0n) is 10.9. The third-order valence-electron chi connectivity index (χ3n) is 3.37. The first kappa shape index (κ1) is 13.0. The van der Waals surface area contributed by atoms with E-state index in [-0.39, 0.29) is 18.1 Å². The second kappa shape index (κ2) is 5.48. The standard InChI is InChI=1S/C14H19FN2O/c1-10-3-4-13(15)7-12(10)8-14(18)17-6-5-16-11(2)9-17/h3-4,7,11,16H,5-6,8-9H2,1-2H3/t11-/m1/s1. The Labute approximate surface area is 107 Å². The van der Waals surface area contributed by atoms with Gasteiger partial charge in [0.1, 0.15) is 5.82 Å². The number of hydrogen-bond acceptors (Lipinski definition) is 2. The van der Waals surface area contributed by atoms with Gasteiger partial charge in [-0.3, -0.25) is 4.79 Å². The quantitative estimate of drug-likeness (QED) is 0.862. The summed E-state index contributed by atoms with van der Waals surface area (Å²) in [6.45, 7) is 6.26. The van der Waals surface area contributed by atoms with Gasteiger partial charge in [0.25, 0.3) is 0 Å². The largest absolute Gasteiger partial charge is 0.340 e. The van der Waals surface area contributed by atoms with Crippen LogP contribution in [-0.4, -0.2) is 36.5 Å². The minimum Gasteiger partial charge on any atom is -0.340 e. The third-order valence-corrected chi connectivity index (χ3v) is 3.37. The minimum absolute atomic E-state index is 0.0806. The van der Waals surface area contributed by atoms with Crippen molar-refractivity contribution in [1.82, 2.24) is 10.2 Å². The first-order chi connectivity index (χ1) is 8.56. The van der Waals surface area contributed by atoms with E-state index in [2.05, 4.69) is 12.2 Å². The summed E-state index contributed by atoms with van der Waals surface area (Å²) < 4.78 is 13.2. The van der Waals surface area contributed by atoms with Gasteiger partial charge in [0, 0.05) is 25.7 Å². The molecule has 1 amide bonds. The van der Waals surface area contributed by atoms with Crippen molar-refractivity contribution in [3.05, 3.63) is 35.1 Å². The van der Waals surface area contributed by atoms with Gasteiger partial charge in [-0.15, -0.1) is 0 Å². The van der Waals surface area contributed by atoms with Crippen LogP contribution in [0.25, 0.3) is 0 Å². The number of nitrogens with one attached hydrogen (secondary N) is 1. The molecule has 0 bridgehead atoms. The smallest absolute Gasteiger partial charge is 0.227 e. The molecule has 0 aliphatic carbocycles. The molecular formula is C14H19FN2O. The lowest BCUT2D eigenvalue weighted by Gasteiger charge is -2.32. The SMILES string of the molecule is Cc1ccc(F)cc1CC(=O)N1CCN[C@H](C)C1. The highest BCUT2D eigenvalue weighted by Gasteiger charge is 2.20. The molecule has 1 aromatic carbocycles.